The molecule has 2 aromatic heterocycles. The summed E-state index contributed by atoms with van der Waals surface area (Å²) in [6.07, 6.45) is 0.649. The zero-order valence-corrected chi connectivity index (χ0v) is 10.1. The molecule has 2 aromatic rings. The highest BCUT2D eigenvalue weighted by molar-refractivity contribution is 7.09. The van der Waals surface area contributed by atoms with E-state index in [0.29, 0.717) is 13.0 Å². The molecule has 0 saturated heterocycles. The van der Waals surface area contributed by atoms with Crippen molar-refractivity contribution in [3.05, 3.63) is 48.8 Å². The lowest BCUT2D eigenvalue weighted by atomic mass is 10.3. The van der Waals surface area contributed by atoms with Gasteiger partial charge in [-0.05, 0) is 24.8 Å². The number of H-pyrrole nitrogens is 1. The zero-order chi connectivity index (χ0) is 12.4. The largest absolute Gasteiger partial charge is 0.494 e. The molecule has 0 aliphatic heterocycles. The van der Waals surface area contributed by atoms with Crippen molar-refractivity contribution in [2.75, 3.05) is 0 Å². The number of aromatic amines is 1. The normalized spacial score (nSPS) is 10.6. The average Bonchev–Trinajstić information content (AvgIpc) is 2.79. The van der Waals surface area contributed by atoms with Crippen molar-refractivity contribution in [2.45, 2.75) is 19.9 Å². The molecule has 2 N–H and O–H groups in total. The summed E-state index contributed by atoms with van der Waals surface area (Å²) in [7, 11) is 0. The summed E-state index contributed by atoms with van der Waals surface area (Å²) in [6, 6.07) is 3.89. The molecule has 0 unspecified atom stereocenters. The first-order valence-corrected chi connectivity index (χ1v) is 6.02. The first-order valence-electron chi connectivity index (χ1n) is 5.14. The van der Waals surface area contributed by atoms with E-state index in [2.05, 4.69) is 4.98 Å². The number of nitrogens with zero attached hydrogens (tertiary/aromatic N) is 1. The number of nitrogens with one attached hydrogen (secondary N) is 1. The van der Waals surface area contributed by atoms with Gasteiger partial charge in [0.15, 0.2) is 0 Å². The molecule has 0 atom stereocenters. The molecule has 90 valence electrons. The number of hydrogen-bond acceptors (Lipinski definition) is 4. The topological polar surface area (TPSA) is 75.1 Å². The molecule has 6 heteroatoms. The van der Waals surface area contributed by atoms with Crippen LogP contribution in [0.2, 0.25) is 0 Å². The lowest BCUT2D eigenvalue weighted by molar-refractivity contribution is 0.396. The molecular weight excluding hydrogens is 240 g/mol. The lowest BCUT2D eigenvalue weighted by Gasteiger charge is -2.08. The second kappa shape index (κ2) is 4.58. The molecule has 2 heterocycles. The predicted molar refractivity (Wildman–Crippen MR) is 65.7 cm³/mol. The van der Waals surface area contributed by atoms with Crippen LogP contribution < -0.4 is 11.2 Å². The maximum Gasteiger partial charge on any atom is 0.331 e. The number of rotatable bonds is 3. The number of aromatic hydroxyl groups is 1. The Morgan fingerprint density at radius 3 is 2.88 bits per heavy atom. The Morgan fingerprint density at radius 1 is 1.47 bits per heavy atom. The number of hydrogen-bond donors (Lipinski definition) is 2. The Hall–Kier alpha value is -1.82. The first kappa shape index (κ1) is 11.7. The minimum absolute atomic E-state index is 0.163. The fourth-order valence-corrected chi connectivity index (χ4v) is 2.24. The van der Waals surface area contributed by atoms with Crippen molar-refractivity contribution in [3.8, 4) is 5.88 Å². The Morgan fingerprint density at radius 2 is 2.24 bits per heavy atom. The third-order valence-electron chi connectivity index (χ3n) is 2.56. The molecule has 0 bridgehead atoms. The van der Waals surface area contributed by atoms with E-state index in [-0.39, 0.29) is 11.4 Å². The van der Waals surface area contributed by atoms with Gasteiger partial charge in [-0.25, -0.2) is 4.79 Å². The van der Waals surface area contributed by atoms with Crippen molar-refractivity contribution >= 4 is 11.3 Å². The molecule has 0 aliphatic rings. The molecule has 0 aliphatic carbocycles. The van der Waals surface area contributed by atoms with E-state index in [1.54, 1.807) is 11.3 Å². The standard InChI is InChI=1S/C11H12N2O3S/c1-7-9(14)12-11(16)13(10(7)15)5-4-8-3-2-6-17-8/h2-3,6,15H,4-5H2,1H3,(H,12,14,16). The van der Waals surface area contributed by atoms with Crippen LogP contribution in [0.25, 0.3) is 0 Å². The van der Waals surface area contributed by atoms with Crippen LogP contribution in [0.1, 0.15) is 10.4 Å². The van der Waals surface area contributed by atoms with Crippen molar-refractivity contribution in [3.63, 3.8) is 0 Å². The predicted octanol–water partition coefficient (Wildman–Crippen LogP) is 0.855. The van der Waals surface area contributed by atoms with Crippen LogP contribution in [0.5, 0.6) is 5.88 Å². The van der Waals surface area contributed by atoms with Crippen molar-refractivity contribution in [2.24, 2.45) is 0 Å². The van der Waals surface area contributed by atoms with Gasteiger partial charge in [-0.1, -0.05) is 6.07 Å². The van der Waals surface area contributed by atoms with Crippen LogP contribution in [0.4, 0.5) is 0 Å². The second-order valence-corrected chi connectivity index (χ2v) is 4.72. The summed E-state index contributed by atoms with van der Waals surface area (Å²) in [5.74, 6) is -0.254. The fourth-order valence-electron chi connectivity index (χ4n) is 1.54. The van der Waals surface area contributed by atoms with Crippen LogP contribution in [-0.4, -0.2) is 14.7 Å². The highest BCUT2D eigenvalue weighted by Gasteiger charge is 2.09. The van der Waals surface area contributed by atoms with Crippen LogP contribution >= 0.6 is 11.3 Å². The van der Waals surface area contributed by atoms with Crippen LogP contribution in [-0.2, 0) is 13.0 Å². The number of aromatic nitrogens is 2. The van der Waals surface area contributed by atoms with Gasteiger partial charge in [-0.3, -0.25) is 14.3 Å². The maximum atomic E-state index is 11.5. The Kier molecular flexibility index (Phi) is 3.14. The Bertz CT molecular complexity index is 625. The quantitative estimate of drug-likeness (QED) is 0.850. The highest BCUT2D eigenvalue weighted by Crippen LogP contribution is 2.12. The summed E-state index contributed by atoms with van der Waals surface area (Å²) in [5.41, 5.74) is -0.953. The average molecular weight is 252 g/mol. The van der Waals surface area contributed by atoms with Crippen molar-refractivity contribution in [1.29, 1.82) is 0 Å². The monoisotopic (exact) mass is 252 g/mol. The molecule has 17 heavy (non-hydrogen) atoms. The smallest absolute Gasteiger partial charge is 0.331 e. The van der Waals surface area contributed by atoms with E-state index in [0.717, 1.165) is 4.88 Å². The molecule has 0 radical (unpaired) electrons. The van der Waals surface area contributed by atoms with E-state index < -0.39 is 11.2 Å². The minimum Gasteiger partial charge on any atom is -0.494 e. The van der Waals surface area contributed by atoms with Crippen LogP contribution in [0.3, 0.4) is 0 Å². The lowest BCUT2D eigenvalue weighted by Crippen LogP contribution is -2.31. The third-order valence-corrected chi connectivity index (χ3v) is 3.50. The van der Waals surface area contributed by atoms with Gasteiger partial charge in [0.2, 0.25) is 5.88 Å². The van der Waals surface area contributed by atoms with Gasteiger partial charge in [0.25, 0.3) is 5.56 Å². The molecule has 0 spiro atoms. The SMILES string of the molecule is Cc1c(O)n(CCc2cccs2)c(=O)[nH]c1=O. The number of aryl methyl sites for hydroxylation is 1. The highest BCUT2D eigenvalue weighted by atomic mass is 32.1. The third kappa shape index (κ3) is 2.31. The first-order chi connectivity index (χ1) is 8.09. The molecule has 2 rings (SSSR count). The van der Waals surface area contributed by atoms with Crippen molar-refractivity contribution < 1.29 is 5.11 Å². The van der Waals surface area contributed by atoms with E-state index in [4.69, 9.17) is 0 Å². The molecule has 0 fully saturated rings. The fraction of sp³-hybridized carbons (Fsp3) is 0.273. The molecule has 0 amide bonds. The summed E-state index contributed by atoms with van der Waals surface area (Å²) >= 11 is 1.59. The molecule has 0 saturated carbocycles. The summed E-state index contributed by atoms with van der Waals surface area (Å²) in [5, 5.41) is 11.7. The number of thiophene rings is 1. The van der Waals surface area contributed by atoms with Crippen molar-refractivity contribution in [1.82, 2.24) is 9.55 Å². The van der Waals surface area contributed by atoms with E-state index in [1.165, 1.54) is 11.5 Å². The van der Waals surface area contributed by atoms with E-state index >= 15 is 0 Å². The molecule has 5 nitrogen and oxygen atoms in total. The van der Waals surface area contributed by atoms with E-state index in [1.807, 2.05) is 17.5 Å². The zero-order valence-electron chi connectivity index (χ0n) is 9.27. The summed E-state index contributed by atoms with van der Waals surface area (Å²) in [6.45, 7) is 1.83. The minimum atomic E-state index is -0.574. The van der Waals surface area contributed by atoms with Gasteiger partial charge in [0, 0.05) is 11.4 Å². The Labute approximate surface area is 101 Å². The summed E-state index contributed by atoms with van der Waals surface area (Å²) < 4.78 is 1.18. The second-order valence-electron chi connectivity index (χ2n) is 3.69. The molecule has 0 aromatic carbocycles. The van der Waals surface area contributed by atoms with Gasteiger partial charge in [0.05, 0.1) is 5.56 Å². The van der Waals surface area contributed by atoms with Gasteiger partial charge < -0.3 is 5.11 Å². The maximum absolute atomic E-state index is 11.5. The van der Waals surface area contributed by atoms with Gasteiger partial charge in [0.1, 0.15) is 0 Å². The Balaban J connectivity index is 2.30. The van der Waals surface area contributed by atoms with Crippen LogP contribution in [0, 0.1) is 6.92 Å². The molecular formula is C11H12N2O3S. The van der Waals surface area contributed by atoms with Crippen LogP contribution in [0.15, 0.2) is 27.1 Å². The van der Waals surface area contributed by atoms with Gasteiger partial charge >= 0.3 is 5.69 Å². The van der Waals surface area contributed by atoms with Gasteiger partial charge in [-0.2, -0.15) is 0 Å². The summed E-state index contributed by atoms with van der Waals surface area (Å²) in [4.78, 5) is 26.0. The van der Waals surface area contributed by atoms with Gasteiger partial charge in [-0.15, -0.1) is 11.3 Å². The van der Waals surface area contributed by atoms with E-state index in [9.17, 15) is 14.7 Å².